The van der Waals surface area contributed by atoms with Gasteiger partial charge < -0.3 is 15.8 Å². The monoisotopic (exact) mass is 394 g/mol. The van der Waals surface area contributed by atoms with Gasteiger partial charge in [0.2, 0.25) is 0 Å². The number of nitrogens with one attached hydrogen (secondary N) is 1. The number of nitrogens with two attached hydrogens (primary N) is 1. The topological polar surface area (TPSA) is 80.0 Å². The Bertz CT molecular complexity index is 905. The van der Waals surface area contributed by atoms with Crippen LogP contribution in [0.15, 0.2) is 35.3 Å². The normalized spacial score (nSPS) is 13.8. The fraction of sp³-hybridized carbons (Fsp3) is 0.222. The number of ether oxygens (including phenoxy) is 1. The molecule has 3 rings (SSSR count). The van der Waals surface area contributed by atoms with E-state index in [-0.39, 0.29) is 23.3 Å². The second-order valence-corrected chi connectivity index (χ2v) is 6.27. The number of carbonyl (C=O) groups is 1. The molecule has 0 spiro atoms. The van der Waals surface area contributed by atoms with Gasteiger partial charge in [0.15, 0.2) is 0 Å². The summed E-state index contributed by atoms with van der Waals surface area (Å²) in [7, 11) is 1.63. The minimum Gasteiger partial charge on any atom is -0.486 e. The third-order valence-corrected chi connectivity index (χ3v) is 4.28. The number of benzene rings is 2. The molecule has 2 aromatic carbocycles. The number of halogens is 3. The van der Waals surface area contributed by atoms with Crippen molar-refractivity contribution in [3.05, 3.63) is 46.5 Å². The third kappa shape index (κ3) is 4.11. The fourth-order valence-electron chi connectivity index (χ4n) is 2.72. The molecule has 0 fully saturated rings. The lowest BCUT2D eigenvalue weighted by Gasteiger charge is -2.30. The molecule has 0 bridgehead atoms. The van der Waals surface area contributed by atoms with Crippen LogP contribution in [0.2, 0.25) is 5.02 Å². The van der Waals surface area contributed by atoms with Crippen LogP contribution in [-0.4, -0.2) is 32.3 Å². The summed E-state index contributed by atoms with van der Waals surface area (Å²) < 4.78 is 29.7. The van der Waals surface area contributed by atoms with Gasteiger partial charge >= 0.3 is 6.03 Å². The molecular weight excluding hydrogens is 378 g/mol. The quantitative estimate of drug-likeness (QED) is 0.590. The van der Waals surface area contributed by atoms with E-state index in [1.165, 1.54) is 11.0 Å². The van der Waals surface area contributed by atoms with Gasteiger partial charge in [0.25, 0.3) is 6.43 Å². The molecule has 2 amide bonds. The summed E-state index contributed by atoms with van der Waals surface area (Å²) in [6, 6.07) is 7.87. The van der Waals surface area contributed by atoms with Gasteiger partial charge in [-0.15, -0.1) is 0 Å². The second kappa shape index (κ2) is 7.79. The number of carbonyl (C=O) groups excluding carboxylic acids is 1. The molecule has 0 saturated carbocycles. The van der Waals surface area contributed by atoms with Crippen LogP contribution in [0.5, 0.6) is 5.75 Å². The first-order valence-corrected chi connectivity index (χ1v) is 8.40. The zero-order valence-corrected chi connectivity index (χ0v) is 15.1. The summed E-state index contributed by atoms with van der Waals surface area (Å²) in [4.78, 5) is 18.0. The van der Waals surface area contributed by atoms with E-state index in [4.69, 9.17) is 22.1 Å². The standard InChI is InChI=1S/C18H17ClF2N4O2/c1-23-7-10-4-12(2-3-14(10)22)25-8-11-5-13(19)16(27-9-17(20)21)6-15(11)24-18(25)26/h2-7,17H,8-9,22H2,1H3,(H,24,26). The Balaban J connectivity index is 1.89. The number of hydrogen-bond acceptors (Lipinski definition) is 4. The summed E-state index contributed by atoms with van der Waals surface area (Å²) in [6.07, 6.45) is -1.01. The molecule has 3 N–H and O–H groups in total. The number of amides is 2. The van der Waals surface area contributed by atoms with Crippen LogP contribution in [0.3, 0.4) is 0 Å². The first-order chi connectivity index (χ1) is 12.9. The van der Waals surface area contributed by atoms with Crippen molar-refractivity contribution in [2.24, 2.45) is 4.99 Å². The molecule has 0 aliphatic carbocycles. The SMILES string of the molecule is CN=Cc1cc(N2Cc3cc(Cl)c(OCC(F)F)cc3NC2=O)ccc1N. The summed E-state index contributed by atoms with van der Waals surface area (Å²) in [6.45, 7) is -0.519. The Morgan fingerprint density at radius 3 is 2.89 bits per heavy atom. The second-order valence-electron chi connectivity index (χ2n) is 5.86. The van der Waals surface area contributed by atoms with E-state index in [9.17, 15) is 13.6 Å². The van der Waals surface area contributed by atoms with E-state index in [2.05, 4.69) is 10.3 Å². The predicted molar refractivity (Wildman–Crippen MR) is 103 cm³/mol. The number of urea groups is 1. The van der Waals surface area contributed by atoms with E-state index in [0.717, 1.165) is 5.56 Å². The van der Waals surface area contributed by atoms with Gasteiger partial charge in [-0.3, -0.25) is 9.89 Å². The number of alkyl halides is 2. The Hall–Kier alpha value is -2.87. The summed E-state index contributed by atoms with van der Waals surface area (Å²) in [5.41, 5.74) is 8.98. The number of nitrogens with zero attached hydrogens (tertiary/aromatic N) is 2. The molecule has 9 heteroatoms. The Kier molecular flexibility index (Phi) is 5.46. The number of fused-ring (bicyclic) bond motifs is 1. The zero-order valence-electron chi connectivity index (χ0n) is 14.4. The number of aliphatic imine (C=N–C) groups is 1. The van der Waals surface area contributed by atoms with Crippen LogP contribution in [0.1, 0.15) is 11.1 Å². The van der Waals surface area contributed by atoms with Gasteiger partial charge in [0.1, 0.15) is 12.4 Å². The van der Waals surface area contributed by atoms with Gasteiger partial charge in [-0.25, -0.2) is 13.6 Å². The third-order valence-electron chi connectivity index (χ3n) is 3.99. The van der Waals surface area contributed by atoms with E-state index in [0.29, 0.717) is 22.6 Å². The van der Waals surface area contributed by atoms with Gasteiger partial charge in [-0.2, -0.15) is 0 Å². The molecule has 142 valence electrons. The maximum absolute atomic E-state index is 12.5. The zero-order chi connectivity index (χ0) is 19.6. The minimum atomic E-state index is -2.62. The highest BCUT2D eigenvalue weighted by molar-refractivity contribution is 6.32. The first-order valence-electron chi connectivity index (χ1n) is 8.02. The molecule has 27 heavy (non-hydrogen) atoms. The van der Waals surface area contributed by atoms with Crippen molar-refractivity contribution in [2.45, 2.75) is 13.0 Å². The molecule has 1 aliphatic rings. The van der Waals surface area contributed by atoms with Gasteiger partial charge in [0, 0.05) is 36.3 Å². The van der Waals surface area contributed by atoms with Crippen molar-refractivity contribution < 1.29 is 18.3 Å². The summed E-state index contributed by atoms with van der Waals surface area (Å²) in [5.74, 6) is 0.0957. The molecule has 2 aromatic rings. The average molecular weight is 395 g/mol. The Morgan fingerprint density at radius 2 is 2.19 bits per heavy atom. The predicted octanol–water partition coefficient (Wildman–Crippen LogP) is 4.17. The largest absolute Gasteiger partial charge is 0.486 e. The van der Waals surface area contributed by atoms with Gasteiger partial charge in [-0.1, -0.05) is 11.6 Å². The number of rotatable bonds is 5. The maximum atomic E-state index is 12.5. The van der Waals surface area contributed by atoms with Crippen molar-refractivity contribution in [3.63, 3.8) is 0 Å². The molecule has 6 nitrogen and oxygen atoms in total. The summed E-state index contributed by atoms with van der Waals surface area (Å²) >= 11 is 6.13. The van der Waals surface area contributed by atoms with Crippen LogP contribution >= 0.6 is 11.6 Å². The number of nitrogen functional groups attached to an aromatic ring is 1. The van der Waals surface area contributed by atoms with Crippen LogP contribution in [0.4, 0.5) is 30.6 Å². The van der Waals surface area contributed by atoms with Crippen molar-refractivity contribution in [3.8, 4) is 5.75 Å². The van der Waals surface area contributed by atoms with Crippen molar-refractivity contribution >= 4 is 40.9 Å². The number of anilines is 3. The first kappa shape index (κ1) is 18.9. The van der Waals surface area contributed by atoms with E-state index in [1.807, 2.05) is 0 Å². The van der Waals surface area contributed by atoms with Crippen LogP contribution in [0, 0.1) is 0 Å². The molecule has 0 aromatic heterocycles. The molecule has 1 aliphatic heterocycles. The van der Waals surface area contributed by atoms with Crippen LogP contribution in [-0.2, 0) is 6.54 Å². The van der Waals surface area contributed by atoms with E-state index < -0.39 is 13.0 Å². The highest BCUT2D eigenvalue weighted by Crippen LogP contribution is 2.36. The fourth-order valence-corrected chi connectivity index (χ4v) is 2.96. The highest BCUT2D eigenvalue weighted by atomic mass is 35.5. The molecule has 0 atom stereocenters. The van der Waals surface area contributed by atoms with Crippen molar-refractivity contribution in [1.82, 2.24) is 0 Å². The highest BCUT2D eigenvalue weighted by Gasteiger charge is 2.26. The summed E-state index contributed by atoms with van der Waals surface area (Å²) in [5, 5.41) is 2.92. The maximum Gasteiger partial charge on any atom is 0.326 e. The van der Waals surface area contributed by atoms with E-state index >= 15 is 0 Å². The van der Waals surface area contributed by atoms with Gasteiger partial charge in [0.05, 0.1) is 17.3 Å². The molecule has 1 heterocycles. The Labute approximate surface area is 159 Å². The Morgan fingerprint density at radius 1 is 1.41 bits per heavy atom. The van der Waals surface area contributed by atoms with Crippen molar-refractivity contribution in [1.29, 1.82) is 0 Å². The molecular formula is C18H17ClF2N4O2. The molecule has 0 unspecified atom stereocenters. The smallest absolute Gasteiger partial charge is 0.326 e. The molecule has 0 radical (unpaired) electrons. The lowest BCUT2D eigenvalue weighted by Crippen LogP contribution is -2.38. The minimum absolute atomic E-state index is 0.0957. The lowest BCUT2D eigenvalue weighted by atomic mass is 10.1. The van der Waals surface area contributed by atoms with Crippen molar-refractivity contribution in [2.75, 3.05) is 29.6 Å². The van der Waals surface area contributed by atoms with Gasteiger partial charge in [-0.05, 0) is 29.8 Å². The molecule has 0 saturated heterocycles. The number of hydrogen-bond donors (Lipinski definition) is 2. The average Bonchev–Trinajstić information content (AvgIpc) is 2.62. The lowest BCUT2D eigenvalue weighted by molar-refractivity contribution is 0.0820. The van der Waals surface area contributed by atoms with Crippen LogP contribution in [0.25, 0.3) is 0 Å². The van der Waals surface area contributed by atoms with E-state index in [1.54, 1.807) is 37.5 Å². The van der Waals surface area contributed by atoms with Crippen LogP contribution < -0.4 is 20.7 Å².